The molecule has 0 fully saturated rings. The molecule has 0 bridgehead atoms. The number of methoxy groups -OCH3 is 1. The molecule has 2 N–H and O–H groups in total. The fraction of sp³-hybridized carbons (Fsp3) is 0.353. The second-order valence-corrected chi connectivity index (χ2v) is 5.88. The maximum absolute atomic E-state index is 14.1. The Kier molecular flexibility index (Phi) is 4.99. The predicted octanol–water partition coefficient (Wildman–Crippen LogP) is 1.47. The summed E-state index contributed by atoms with van der Waals surface area (Å²) in [5, 5.41) is 15.6. The van der Waals surface area contributed by atoms with Gasteiger partial charge in [-0.15, -0.1) is 0 Å². The number of carboxylic acid groups (broad SMARTS) is 1. The van der Waals surface area contributed by atoms with Gasteiger partial charge in [-0.2, -0.15) is 5.10 Å². The number of carboxylic acids is 1. The molecule has 138 valence electrons. The lowest BCUT2D eigenvalue weighted by molar-refractivity contribution is -0.148. The molecule has 0 saturated carbocycles. The number of hydrogen-bond donors (Lipinski definition) is 2. The van der Waals surface area contributed by atoms with Crippen molar-refractivity contribution in [2.45, 2.75) is 25.4 Å². The minimum Gasteiger partial charge on any atom is -0.479 e. The van der Waals surface area contributed by atoms with Gasteiger partial charge in [-0.25, -0.2) is 18.3 Å². The monoisotopic (exact) mass is 365 g/mol. The quantitative estimate of drug-likeness (QED) is 0.809. The van der Waals surface area contributed by atoms with Crippen LogP contribution in [0.15, 0.2) is 18.2 Å². The molecule has 1 aromatic heterocycles. The summed E-state index contributed by atoms with van der Waals surface area (Å²) in [5.74, 6) is -3.82. The third-order valence-electron chi connectivity index (χ3n) is 4.31. The first kappa shape index (κ1) is 18.0. The minimum atomic E-state index is -1.20. The van der Waals surface area contributed by atoms with Crippen LogP contribution >= 0.6 is 0 Å². The Bertz CT molecular complexity index is 866. The van der Waals surface area contributed by atoms with Gasteiger partial charge in [-0.1, -0.05) is 6.07 Å². The van der Waals surface area contributed by atoms with Crippen LogP contribution in [0.25, 0.3) is 5.69 Å². The lowest BCUT2D eigenvalue weighted by atomic mass is 10.2. The van der Waals surface area contributed by atoms with Gasteiger partial charge >= 0.3 is 5.97 Å². The average molecular weight is 365 g/mol. The Labute approximate surface area is 147 Å². The third kappa shape index (κ3) is 3.17. The molecule has 1 aliphatic rings. The first-order chi connectivity index (χ1) is 12.4. The molecule has 0 radical (unpaired) electrons. The molecule has 1 aliphatic carbocycles. The summed E-state index contributed by atoms with van der Waals surface area (Å²) in [6.45, 7) is -0.235. The number of nitrogens with one attached hydrogen (secondary N) is 1. The highest BCUT2D eigenvalue weighted by molar-refractivity contribution is 5.94. The first-order valence-corrected chi connectivity index (χ1v) is 8.03. The summed E-state index contributed by atoms with van der Waals surface area (Å²) in [6.07, 6.45) is 0.748. The standard InChI is InChI=1S/C17H17F2N3O4/c1-26-13(17(24)25)8-20-16(23)15-9-4-2-6-11(9)22(21-15)12-7-3-5-10(18)14(12)19/h3,5,7,13H,2,4,6,8H2,1H3,(H,20,23)(H,24,25). The molecule has 1 aromatic carbocycles. The molecular formula is C17H17F2N3O4. The van der Waals surface area contributed by atoms with Gasteiger partial charge in [0.1, 0.15) is 5.69 Å². The molecule has 9 heteroatoms. The van der Waals surface area contributed by atoms with E-state index in [4.69, 9.17) is 9.84 Å². The zero-order valence-electron chi connectivity index (χ0n) is 14.0. The van der Waals surface area contributed by atoms with E-state index in [-0.39, 0.29) is 17.9 Å². The highest BCUT2D eigenvalue weighted by atomic mass is 19.2. The summed E-state index contributed by atoms with van der Waals surface area (Å²) >= 11 is 0. The van der Waals surface area contributed by atoms with E-state index >= 15 is 0 Å². The number of rotatable bonds is 6. The van der Waals surface area contributed by atoms with Gasteiger partial charge in [0.05, 0.1) is 6.54 Å². The van der Waals surface area contributed by atoms with E-state index in [2.05, 4.69) is 10.4 Å². The largest absolute Gasteiger partial charge is 0.479 e. The van der Waals surface area contributed by atoms with Gasteiger partial charge in [0.25, 0.3) is 5.91 Å². The van der Waals surface area contributed by atoms with E-state index in [0.29, 0.717) is 24.1 Å². The van der Waals surface area contributed by atoms with E-state index in [1.54, 1.807) is 0 Å². The molecule has 26 heavy (non-hydrogen) atoms. The van der Waals surface area contributed by atoms with Gasteiger partial charge in [0, 0.05) is 18.4 Å². The zero-order valence-corrected chi connectivity index (χ0v) is 14.0. The second kappa shape index (κ2) is 7.20. The molecule has 0 spiro atoms. The first-order valence-electron chi connectivity index (χ1n) is 8.03. The van der Waals surface area contributed by atoms with Crippen molar-refractivity contribution >= 4 is 11.9 Å². The Morgan fingerprint density at radius 1 is 1.38 bits per heavy atom. The van der Waals surface area contributed by atoms with Crippen LogP contribution in [0.2, 0.25) is 0 Å². The third-order valence-corrected chi connectivity index (χ3v) is 4.31. The highest BCUT2D eigenvalue weighted by Crippen LogP contribution is 2.29. The summed E-state index contributed by atoms with van der Waals surface area (Å²) < 4.78 is 33.7. The molecule has 7 nitrogen and oxygen atoms in total. The van der Waals surface area contributed by atoms with Gasteiger partial charge in [-0.3, -0.25) is 4.79 Å². The smallest absolute Gasteiger partial charge is 0.334 e. The summed E-state index contributed by atoms with van der Waals surface area (Å²) in [4.78, 5) is 23.4. The number of aromatic nitrogens is 2. The Morgan fingerprint density at radius 2 is 2.15 bits per heavy atom. The molecular weight excluding hydrogens is 348 g/mol. The van der Waals surface area contributed by atoms with E-state index in [0.717, 1.165) is 12.5 Å². The lowest BCUT2D eigenvalue weighted by Crippen LogP contribution is -2.38. The second-order valence-electron chi connectivity index (χ2n) is 5.88. The fourth-order valence-corrected chi connectivity index (χ4v) is 3.02. The number of hydrogen-bond acceptors (Lipinski definition) is 4. The number of benzene rings is 1. The number of aliphatic carboxylic acids is 1. The van der Waals surface area contributed by atoms with Crippen molar-refractivity contribution in [3.63, 3.8) is 0 Å². The average Bonchev–Trinajstić information content (AvgIpc) is 3.20. The van der Waals surface area contributed by atoms with Crippen LogP contribution in [-0.4, -0.2) is 46.5 Å². The van der Waals surface area contributed by atoms with Crippen LogP contribution in [-0.2, 0) is 22.4 Å². The maximum Gasteiger partial charge on any atom is 0.334 e. The molecule has 1 amide bonds. The number of amides is 1. The van der Waals surface area contributed by atoms with Gasteiger partial charge in [0.15, 0.2) is 23.4 Å². The van der Waals surface area contributed by atoms with Crippen molar-refractivity contribution < 1.29 is 28.2 Å². The SMILES string of the molecule is COC(CNC(=O)c1nn(-c2cccc(F)c2F)c2c1CCC2)C(=O)O. The van der Waals surface area contributed by atoms with E-state index in [9.17, 15) is 18.4 Å². The zero-order chi connectivity index (χ0) is 18.8. The Hall–Kier alpha value is -2.81. The topological polar surface area (TPSA) is 93.5 Å². The van der Waals surface area contributed by atoms with Crippen LogP contribution in [0.3, 0.4) is 0 Å². The van der Waals surface area contributed by atoms with Gasteiger partial charge in [0.2, 0.25) is 0 Å². The van der Waals surface area contributed by atoms with E-state index in [1.807, 2.05) is 0 Å². The van der Waals surface area contributed by atoms with Crippen molar-refractivity contribution in [3.05, 3.63) is 46.8 Å². The summed E-state index contributed by atoms with van der Waals surface area (Å²) in [5.41, 5.74) is 1.33. The molecule has 3 rings (SSSR count). The number of halogens is 2. The number of carbonyl (C=O) groups excluding carboxylic acids is 1. The van der Waals surface area contributed by atoms with Crippen LogP contribution < -0.4 is 5.32 Å². The predicted molar refractivity (Wildman–Crippen MR) is 86.3 cm³/mol. The van der Waals surface area contributed by atoms with Crippen molar-refractivity contribution in [1.29, 1.82) is 0 Å². The normalized spacial score (nSPS) is 14.1. The number of nitrogens with zero attached hydrogens (tertiary/aromatic N) is 2. The molecule has 1 heterocycles. The van der Waals surface area contributed by atoms with Gasteiger partial charge < -0.3 is 15.2 Å². The summed E-state index contributed by atoms with van der Waals surface area (Å²) in [7, 11) is 1.23. The fourth-order valence-electron chi connectivity index (χ4n) is 3.02. The van der Waals surface area contributed by atoms with Crippen LogP contribution in [0.5, 0.6) is 0 Å². The van der Waals surface area contributed by atoms with Crippen LogP contribution in [0.4, 0.5) is 8.78 Å². The molecule has 0 aliphatic heterocycles. The Morgan fingerprint density at radius 3 is 2.85 bits per heavy atom. The van der Waals surface area contributed by atoms with E-state index < -0.39 is 29.6 Å². The molecule has 2 aromatic rings. The highest BCUT2D eigenvalue weighted by Gasteiger charge is 2.29. The molecule has 1 unspecified atom stereocenters. The van der Waals surface area contributed by atoms with Crippen LogP contribution in [0.1, 0.15) is 28.2 Å². The number of ether oxygens (including phenoxy) is 1. The minimum absolute atomic E-state index is 0.0671. The number of fused-ring (bicyclic) bond motifs is 1. The molecule has 1 atom stereocenters. The number of carbonyl (C=O) groups is 2. The van der Waals surface area contributed by atoms with Gasteiger partial charge in [-0.05, 0) is 31.4 Å². The van der Waals surface area contributed by atoms with Crippen LogP contribution in [0, 0.1) is 11.6 Å². The van der Waals surface area contributed by atoms with Crippen molar-refractivity contribution in [1.82, 2.24) is 15.1 Å². The van der Waals surface area contributed by atoms with Crippen molar-refractivity contribution in [2.75, 3.05) is 13.7 Å². The van der Waals surface area contributed by atoms with Crippen molar-refractivity contribution in [3.8, 4) is 5.69 Å². The van der Waals surface area contributed by atoms with Crippen molar-refractivity contribution in [2.24, 2.45) is 0 Å². The molecule has 0 saturated heterocycles. The maximum atomic E-state index is 14.1. The Balaban J connectivity index is 1.91. The lowest BCUT2D eigenvalue weighted by Gasteiger charge is -2.11. The summed E-state index contributed by atoms with van der Waals surface area (Å²) in [6, 6.07) is 3.76. The van der Waals surface area contributed by atoms with E-state index in [1.165, 1.54) is 23.9 Å².